The summed E-state index contributed by atoms with van der Waals surface area (Å²) in [4.78, 5) is 2.57. The van der Waals surface area contributed by atoms with E-state index in [2.05, 4.69) is 54.3 Å². The number of fused-ring (bicyclic) bond motifs is 1. The molecule has 0 radical (unpaired) electrons. The van der Waals surface area contributed by atoms with Crippen LogP contribution in [0.2, 0.25) is 0 Å². The second kappa shape index (κ2) is 5.32. The molecule has 0 aromatic heterocycles. The lowest BCUT2D eigenvalue weighted by Crippen LogP contribution is -2.28. The highest BCUT2D eigenvalue weighted by molar-refractivity contribution is 5.86. The highest BCUT2D eigenvalue weighted by Gasteiger charge is 2.34. The van der Waals surface area contributed by atoms with Gasteiger partial charge in [0, 0.05) is 6.04 Å². The van der Waals surface area contributed by atoms with Crippen LogP contribution in [0.4, 0.5) is 0 Å². The van der Waals surface area contributed by atoms with Crippen molar-refractivity contribution >= 4 is 10.8 Å². The fourth-order valence-corrected chi connectivity index (χ4v) is 3.49. The lowest BCUT2D eigenvalue weighted by molar-refractivity contribution is 0.243. The molecule has 0 aliphatic carbocycles. The average Bonchev–Trinajstić information content (AvgIpc) is 2.89. The summed E-state index contributed by atoms with van der Waals surface area (Å²) >= 11 is 0. The van der Waals surface area contributed by atoms with E-state index in [1.807, 2.05) is 0 Å². The molecule has 2 atom stereocenters. The second-order valence-corrected chi connectivity index (χ2v) is 5.43. The molecule has 1 fully saturated rings. The van der Waals surface area contributed by atoms with E-state index >= 15 is 0 Å². The van der Waals surface area contributed by atoms with Gasteiger partial charge < -0.3 is 5.73 Å². The van der Waals surface area contributed by atoms with Gasteiger partial charge in [-0.25, -0.2) is 0 Å². The predicted octanol–water partition coefficient (Wildman–Crippen LogP) is 3.18. The Bertz CT molecular complexity index is 547. The van der Waals surface area contributed by atoms with Crippen LogP contribution in [0.5, 0.6) is 0 Å². The van der Waals surface area contributed by atoms with Crippen molar-refractivity contribution in [1.29, 1.82) is 0 Å². The number of likely N-dealkylation sites (tertiary alicyclic amines) is 1. The van der Waals surface area contributed by atoms with Crippen LogP contribution in [0.1, 0.15) is 24.9 Å². The number of hydrogen-bond donors (Lipinski definition) is 1. The zero-order valence-corrected chi connectivity index (χ0v) is 11.5. The molecule has 100 valence electrons. The van der Waals surface area contributed by atoms with Gasteiger partial charge in [0.05, 0.1) is 0 Å². The molecule has 2 unspecified atom stereocenters. The first-order chi connectivity index (χ1) is 9.35. The van der Waals surface area contributed by atoms with Crippen LogP contribution in [-0.4, -0.2) is 24.5 Å². The van der Waals surface area contributed by atoms with Gasteiger partial charge in [0.2, 0.25) is 0 Å². The van der Waals surface area contributed by atoms with Crippen molar-refractivity contribution in [3.8, 4) is 0 Å². The van der Waals surface area contributed by atoms with Gasteiger partial charge in [-0.2, -0.15) is 0 Å². The standard InChI is InChI=1S/C17H22N2/c1-2-19-11-10-14(12-18)17(19)16-9-5-7-13-6-3-4-8-15(13)16/h3-9,14,17H,2,10-12,18H2,1H3. The molecule has 2 N–H and O–H groups in total. The first-order valence-electron chi connectivity index (χ1n) is 7.27. The summed E-state index contributed by atoms with van der Waals surface area (Å²) in [7, 11) is 0. The summed E-state index contributed by atoms with van der Waals surface area (Å²) in [6.07, 6.45) is 1.22. The summed E-state index contributed by atoms with van der Waals surface area (Å²) in [5.74, 6) is 0.589. The first-order valence-corrected chi connectivity index (χ1v) is 7.27. The minimum absolute atomic E-state index is 0.487. The number of nitrogens with zero attached hydrogens (tertiary/aromatic N) is 1. The molecule has 2 nitrogen and oxygen atoms in total. The number of hydrogen-bond acceptors (Lipinski definition) is 2. The molecule has 2 heteroatoms. The predicted molar refractivity (Wildman–Crippen MR) is 81.1 cm³/mol. The summed E-state index contributed by atoms with van der Waals surface area (Å²) in [6.45, 7) is 5.30. The maximum absolute atomic E-state index is 6.00. The molecule has 0 bridgehead atoms. The van der Waals surface area contributed by atoms with E-state index in [-0.39, 0.29) is 0 Å². The van der Waals surface area contributed by atoms with Crippen LogP contribution in [0.3, 0.4) is 0 Å². The van der Waals surface area contributed by atoms with E-state index in [1.165, 1.54) is 29.3 Å². The van der Waals surface area contributed by atoms with Crippen molar-refractivity contribution in [2.45, 2.75) is 19.4 Å². The third-order valence-corrected chi connectivity index (χ3v) is 4.48. The lowest BCUT2D eigenvalue weighted by Gasteiger charge is -2.28. The third kappa shape index (κ3) is 2.15. The topological polar surface area (TPSA) is 29.3 Å². The summed E-state index contributed by atoms with van der Waals surface area (Å²) < 4.78 is 0. The monoisotopic (exact) mass is 254 g/mol. The van der Waals surface area contributed by atoms with Gasteiger partial charge >= 0.3 is 0 Å². The van der Waals surface area contributed by atoms with Crippen LogP contribution in [0.15, 0.2) is 42.5 Å². The Balaban J connectivity index is 2.11. The van der Waals surface area contributed by atoms with E-state index in [9.17, 15) is 0 Å². The molecular formula is C17H22N2. The van der Waals surface area contributed by atoms with Crippen LogP contribution in [-0.2, 0) is 0 Å². The van der Waals surface area contributed by atoms with Crippen LogP contribution < -0.4 is 5.73 Å². The van der Waals surface area contributed by atoms with Crippen molar-refractivity contribution < 1.29 is 0 Å². The fourth-order valence-electron chi connectivity index (χ4n) is 3.49. The fraction of sp³-hybridized carbons (Fsp3) is 0.412. The molecule has 2 aromatic rings. The van der Waals surface area contributed by atoms with Crippen LogP contribution in [0.25, 0.3) is 10.8 Å². The molecule has 1 heterocycles. The van der Waals surface area contributed by atoms with Crippen molar-refractivity contribution in [2.24, 2.45) is 11.7 Å². The Morgan fingerprint density at radius 2 is 1.95 bits per heavy atom. The Morgan fingerprint density at radius 1 is 1.16 bits per heavy atom. The molecule has 1 aliphatic rings. The summed E-state index contributed by atoms with van der Waals surface area (Å²) in [6, 6.07) is 15.8. The molecule has 0 amide bonds. The molecule has 2 aromatic carbocycles. The van der Waals surface area contributed by atoms with E-state index < -0.39 is 0 Å². The maximum Gasteiger partial charge on any atom is 0.0394 e. The quantitative estimate of drug-likeness (QED) is 0.911. The molecule has 19 heavy (non-hydrogen) atoms. The number of rotatable bonds is 3. The molecule has 1 aliphatic heterocycles. The number of nitrogens with two attached hydrogens (primary N) is 1. The van der Waals surface area contributed by atoms with E-state index in [4.69, 9.17) is 5.73 Å². The molecule has 3 rings (SSSR count). The van der Waals surface area contributed by atoms with Gasteiger partial charge in [0.1, 0.15) is 0 Å². The molecular weight excluding hydrogens is 232 g/mol. The van der Waals surface area contributed by atoms with Crippen molar-refractivity contribution in [3.63, 3.8) is 0 Å². The van der Waals surface area contributed by atoms with Crippen molar-refractivity contribution in [3.05, 3.63) is 48.0 Å². The van der Waals surface area contributed by atoms with E-state index in [0.29, 0.717) is 12.0 Å². The third-order valence-electron chi connectivity index (χ3n) is 4.48. The van der Waals surface area contributed by atoms with Crippen LogP contribution >= 0.6 is 0 Å². The maximum atomic E-state index is 6.00. The second-order valence-electron chi connectivity index (χ2n) is 5.43. The van der Waals surface area contributed by atoms with Gasteiger partial charge in [0.15, 0.2) is 0 Å². The van der Waals surface area contributed by atoms with Crippen molar-refractivity contribution in [1.82, 2.24) is 4.90 Å². The summed E-state index contributed by atoms with van der Waals surface area (Å²) in [5.41, 5.74) is 7.45. The minimum Gasteiger partial charge on any atom is -0.330 e. The van der Waals surface area contributed by atoms with Crippen molar-refractivity contribution in [2.75, 3.05) is 19.6 Å². The Labute approximate surface area is 115 Å². The largest absolute Gasteiger partial charge is 0.330 e. The van der Waals surface area contributed by atoms with E-state index in [1.54, 1.807) is 0 Å². The average molecular weight is 254 g/mol. The minimum atomic E-state index is 0.487. The normalized spacial score (nSPS) is 24.1. The SMILES string of the molecule is CCN1CCC(CN)C1c1cccc2ccccc12. The van der Waals surface area contributed by atoms with Gasteiger partial charge in [-0.05, 0) is 48.3 Å². The highest BCUT2D eigenvalue weighted by atomic mass is 15.2. The number of benzene rings is 2. The van der Waals surface area contributed by atoms with E-state index in [0.717, 1.165) is 13.1 Å². The smallest absolute Gasteiger partial charge is 0.0394 e. The Morgan fingerprint density at radius 3 is 2.74 bits per heavy atom. The molecule has 1 saturated heterocycles. The lowest BCUT2D eigenvalue weighted by atomic mass is 9.90. The van der Waals surface area contributed by atoms with Crippen LogP contribution in [0, 0.1) is 5.92 Å². The summed E-state index contributed by atoms with van der Waals surface area (Å²) in [5, 5.41) is 2.72. The first kappa shape index (κ1) is 12.6. The van der Waals surface area contributed by atoms with Gasteiger partial charge in [-0.1, -0.05) is 49.4 Å². The van der Waals surface area contributed by atoms with Gasteiger partial charge in [-0.3, -0.25) is 4.90 Å². The zero-order valence-electron chi connectivity index (χ0n) is 11.5. The Hall–Kier alpha value is -1.38. The molecule has 0 spiro atoms. The Kier molecular flexibility index (Phi) is 3.54. The zero-order chi connectivity index (χ0) is 13.2. The molecule has 0 saturated carbocycles. The highest BCUT2D eigenvalue weighted by Crippen LogP contribution is 2.39. The van der Waals surface area contributed by atoms with Gasteiger partial charge in [-0.15, -0.1) is 0 Å². The van der Waals surface area contributed by atoms with Gasteiger partial charge in [0.25, 0.3) is 0 Å².